The molecule has 154 valence electrons. The third-order valence-electron chi connectivity index (χ3n) is 4.83. The molecule has 0 aliphatic rings. The van der Waals surface area contributed by atoms with Crippen molar-refractivity contribution in [2.45, 2.75) is 6.92 Å². The van der Waals surface area contributed by atoms with E-state index >= 15 is 0 Å². The van der Waals surface area contributed by atoms with Crippen LogP contribution in [0.3, 0.4) is 0 Å². The molecule has 8 heteroatoms. The summed E-state index contributed by atoms with van der Waals surface area (Å²) in [6, 6.07) is 15.1. The highest BCUT2D eigenvalue weighted by Gasteiger charge is 2.18. The average molecular weight is 414 g/mol. The molecule has 0 bridgehead atoms. The van der Waals surface area contributed by atoms with E-state index < -0.39 is 4.92 Å². The smallest absolute Gasteiger partial charge is 0.273 e. The molecule has 4 aromatic rings. The second-order valence-electron chi connectivity index (χ2n) is 6.91. The third kappa shape index (κ3) is 4.04. The number of anilines is 1. The van der Waals surface area contributed by atoms with E-state index in [0.29, 0.717) is 27.8 Å². The third-order valence-corrected chi connectivity index (χ3v) is 4.83. The number of fused-ring (bicyclic) bond motifs is 1. The molecule has 0 saturated carbocycles. The number of carbonyl (C=O) groups is 1. The van der Waals surface area contributed by atoms with Gasteiger partial charge in [0.2, 0.25) is 0 Å². The molecule has 1 N–H and O–H groups in total. The Hall–Kier alpha value is -4.33. The van der Waals surface area contributed by atoms with Crippen molar-refractivity contribution in [3.63, 3.8) is 0 Å². The maximum Gasteiger partial charge on any atom is 0.273 e. The number of nitro groups is 1. The molecular formula is C23H18N4O4. The summed E-state index contributed by atoms with van der Waals surface area (Å²) in [5.74, 6) is -0.174. The second kappa shape index (κ2) is 8.19. The largest absolute Gasteiger partial charge is 0.494 e. The zero-order chi connectivity index (χ0) is 22.0. The van der Waals surface area contributed by atoms with Crippen LogP contribution in [0.2, 0.25) is 0 Å². The standard InChI is InChI=1S/C23H18N4O4/c1-14-3-5-19-17(11-14)18(13-21(25-19)15-7-9-24-10-8-15)23(28)26-20-6-4-16(27(29)30)12-22(20)31-2/h3-13H,1-2H3,(H,26,28). The summed E-state index contributed by atoms with van der Waals surface area (Å²) >= 11 is 0. The zero-order valence-corrected chi connectivity index (χ0v) is 16.8. The van der Waals surface area contributed by atoms with E-state index in [0.717, 1.165) is 11.1 Å². The van der Waals surface area contributed by atoms with E-state index in [2.05, 4.69) is 10.3 Å². The van der Waals surface area contributed by atoms with Crippen LogP contribution in [-0.2, 0) is 0 Å². The van der Waals surface area contributed by atoms with Gasteiger partial charge in [-0.2, -0.15) is 0 Å². The van der Waals surface area contributed by atoms with Crippen LogP contribution in [0, 0.1) is 17.0 Å². The number of ether oxygens (including phenoxy) is 1. The molecule has 4 rings (SSSR count). The molecule has 0 fully saturated rings. The van der Waals surface area contributed by atoms with Crippen LogP contribution < -0.4 is 10.1 Å². The number of hydrogen-bond donors (Lipinski definition) is 1. The minimum absolute atomic E-state index is 0.125. The van der Waals surface area contributed by atoms with Crippen LogP contribution in [0.1, 0.15) is 15.9 Å². The summed E-state index contributed by atoms with van der Waals surface area (Å²) in [4.78, 5) is 32.5. The fraction of sp³-hybridized carbons (Fsp3) is 0.0870. The Bertz CT molecular complexity index is 1310. The van der Waals surface area contributed by atoms with Crippen LogP contribution in [0.15, 0.2) is 67.0 Å². The number of non-ortho nitro benzene ring substituents is 1. The van der Waals surface area contributed by atoms with Gasteiger partial charge in [-0.3, -0.25) is 19.9 Å². The second-order valence-corrected chi connectivity index (χ2v) is 6.91. The van der Waals surface area contributed by atoms with E-state index in [-0.39, 0.29) is 17.3 Å². The average Bonchev–Trinajstić information content (AvgIpc) is 2.79. The number of aromatic nitrogens is 2. The molecule has 0 aliphatic heterocycles. The lowest BCUT2D eigenvalue weighted by Gasteiger charge is -2.13. The number of pyridine rings is 2. The molecule has 8 nitrogen and oxygen atoms in total. The van der Waals surface area contributed by atoms with E-state index in [1.165, 1.54) is 25.3 Å². The van der Waals surface area contributed by atoms with Gasteiger partial charge < -0.3 is 10.1 Å². The first-order valence-electron chi connectivity index (χ1n) is 9.42. The number of aryl methyl sites for hydroxylation is 1. The van der Waals surface area contributed by atoms with Gasteiger partial charge >= 0.3 is 0 Å². The van der Waals surface area contributed by atoms with Crippen molar-refractivity contribution >= 4 is 28.2 Å². The van der Waals surface area contributed by atoms with E-state index in [9.17, 15) is 14.9 Å². The van der Waals surface area contributed by atoms with Gasteiger partial charge in [0, 0.05) is 29.4 Å². The molecule has 0 radical (unpaired) electrons. The lowest BCUT2D eigenvalue weighted by atomic mass is 10.0. The van der Waals surface area contributed by atoms with Gasteiger partial charge in [0.25, 0.3) is 11.6 Å². The quantitative estimate of drug-likeness (QED) is 0.372. The minimum atomic E-state index is -0.520. The summed E-state index contributed by atoms with van der Waals surface area (Å²) in [5, 5.41) is 14.5. The Morgan fingerprint density at radius 1 is 1.06 bits per heavy atom. The van der Waals surface area contributed by atoms with E-state index in [1.807, 2.05) is 37.3 Å². The normalized spacial score (nSPS) is 10.6. The van der Waals surface area contributed by atoms with Gasteiger partial charge in [-0.05, 0) is 43.3 Å². The van der Waals surface area contributed by atoms with E-state index in [1.54, 1.807) is 18.5 Å². The number of hydrogen-bond acceptors (Lipinski definition) is 6. The summed E-state index contributed by atoms with van der Waals surface area (Å²) in [6.45, 7) is 1.94. The molecule has 2 heterocycles. The monoisotopic (exact) mass is 414 g/mol. The SMILES string of the molecule is COc1cc([N+](=O)[O-])ccc1NC(=O)c1cc(-c2ccncc2)nc2ccc(C)cc12. The number of nitrogens with one attached hydrogen (secondary N) is 1. The van der Waals surface area contributed by atoms with Crippen LogP contribution in [0.5, 0.6) is 5.75 Å². The lowest BCUT2D eigenvalue weighted by Crippen LogP contribution is -2.14. The molecule has 0 unspecified atom stereocenters. The maximum absolute atomic E-state index is 13.3. The maximum atomic E-state index is 13.3. The first-order valence-corrected chi connectivity index (χ1v) is 9.42. The van der Waals surface area contributed by atoms with Crippen molar-refractivity contribution in [1.29, 1.82) is 0 Å². The molecule has 0 saturated heterocycles. The molecule has 0 aliphatic carbocycles. The van der Waals surface area contributed by atoms with Gasteiger partial charge in [0.1, 0.15) is 5.75 Å². The molecule has 31 heavy (non-hydrogen) atoms. The number of amides is 1. The minimum Gasteiger partial charge on any atom is -0.494 e. The number of carbonyl (C=O) groups excluding carboxylic acids is 1. The molecule has 2 aromatic heterocycles. The van der Waals surface area contributed by atoms with Crippen molar-refractivity contribution in [3.05, 3.63) is 88.2 Å². The Morgan fingerprint density at radius 3 is 2.55 bits per heavy atom. The van der Waals surface area contributed by atoms with Crippen molar-refractivity contribution in [2.24, 2.45) is 0 Å². The van der Waals surface area contributed by atoms with Gasteiger partial charge in [-0.25, -0.2) is 4.98 Å². The molecular weight excluding hydrogens is 396 g/mol. The summed E-state index contributed by atoms with van der Waals surface area (Å²) < 4.78 is 5.23. The lowest BCUT2D eigenvalue weighted by molar-refractivity contribution is -0.384. The Kier molecular flexibility index (Phi) is 5.28. The van der Waals surface area contributed by atoms with Gasteiger partial charge in [0.15, 0.2) is 0 Å². The first kappa shape index (κ1) is 20.0. The van der Waals surface area contributed by atoms with Crippen LogP contribution in [0.4, 0.5) is 11.4 Å². The Morgan fingerprint density at radius 2 is 1.84 bits per heavy atom. The predicted molar refractivity (Wildman–Crippen MR) is 117 cm³/mol. The summed E-state index contributed by atoms with van der Waals surface area (Å²) in [5.41, 5.74) is 3.79. The molecule has 0 spiro atoms. The fourth-order valence-corrected chi connectivity index (χ4v) is 3.28. The summed E-state index contributed by atoms with van der Waals surface area (Å²) in [6.07, 6.45) is 3.33. The van der Waals surface area contributed by atoms with Gasteiger partial charge in [-0.1, -0.05) is 11.6 Å². The Balaban J connectivity index is 1.80. The van der Waals surface area contributed by atoms with Crippen LogP contribution in [0.25, 0.3) is 22.2 Å². The predicted octanol–water partition coefficient (Wildman–Crippen LogP) is 4.77. The van der Waals surface area contributed by atoms with E-state index in [4.69, 9.17) is 9.72 Å². The topological polar surface area (TPSA) is 107 Å². The number of nitro benzene ring substituents is 1. The number of nitrogens with zero attached hydrogens (tertiary/aromatic N) is 3. The fourth-order valence-electron chi connectivity index (χ4n) is 3.28. The van der Waals surface area contributed by atoms with Crippen LogP contribution >= 0.6 is 0 Å². The molecule has 1 amide bonds. The highest BCUT2D eigenvalue weighted by Crippen LogP contribution is 2.31. The first-order chi connectivity index (χ1) is 15.0. The van der Waals surface area contributed by atoms with Crippen molar-refractivity contribution in [1.82, 2.24) is 9.97 Å². The number of benzene rings is 2. The Labute approximate surface area is 177 Å². The number of rotatable bonds is 5. The van der Waals surface area contributed by atoms with Gasteiger partial charge in [-0.15, -0.1) is 0 Å². The molecule has 2 aromatic carbocycles. The van der Waals surface area contributed by atoms with Crippen molar-refractivity contribution < 1.29 is 14.5 Å². The van der Waals surface area contributed by atoms with Crippen molar-refractivity contribution in [3.8, 4) is 17.0 Å². The summed E-state index contributed by atoms with van der Waals surface area (Å²) in [7, 11) is 1.39. The molecule has 0 atom stereocenters. The highest BCUT2D eigenvalue weighted by atomic mass is 16.6. The van der Waals surface area contributed by atoms with Crippen molar-refractivity contribution in [2.75, 3.05) is 12.4 Å². The van der Waals surface area contributed by atoms with Crippen LogP contribution in [-0.4, -0.2) is 27.9 Å². The highest BCUT2D eigenvalue weighted by molar-refractivity contribution is 6.13. The number of methoxy groups -OCH3 is 1. The van der Waals surface area contributed by atoms with Gasteiger partial charge in [0.05, 0.1) is 40.6 Å². The zero-order valence-electron chi connectivity index (χ0n) is 16.8.